The molecule has 0 heterocycles. The van der Waals surface area contributed by atoms with Crippen molar-refractivity contribution in [1.82, 2.24) is 0 Å². The van der Waals surface area contributed by atoms with Crippen LogP contribution in [0.2, 0.25) is 0 Å². The quantitative estimate of drug-likeness (QED) is 0.379. The molecule has 0 saturated heterocycles. The molecule has 0 aromatic carbocycles. The molecule has 0 atom stereocenters. The molecule has 7 heteroatoms. The van der Waals surface area contributed by atoms with Gasteiger partial charge in [0.1, 0.15) is 6.61 Å². The highest BCUT2D eigenvalue weighted by molar-refractivity contribution is 5.74. The summed E-state index contributed by atoms with van der Waals surface area (Å²) in [6, 6.07) is -0.627. The standard InChI is InChI=1S/C9H13NO6/c1-15-8(11)2-3-16-9(12)6-4-7(5-6)10(13)14/h6-7H,2-5H2,1H3. The molecular weight excluding hydrogens is 218 g/mol. The van der Waals surface area contributed by atoms with Crippen LogP contribution < -0.4 is 0 Å². The van der Waals surface area contributed by atoms with Crippen molar-refractivity contribution >= 4 is 11.9 Å². The van der Waals surface area contributed by atoms with E-state index in [4.69, 9.17) is 4.74 Å². The van der Waals surface area contributed by atoms with Crippen LogP contribution in [-0.2, 0) is 19.1 Å². The van der Waals surface area contributed by atoms with Gasteiger partial charge in [-0.2, -0.15) is 0 Å². The third kappa shape index (κ3) is 3.18. The normalized spacial score (nSPS) is 23.1. The zero-order valence-electron chi connectivity index (χ0n) is 8.88. The maximum absolute atomic E-state index is 11.3. The molecule has 7 nitrogen and oxygen atoms in total. The highest BCUT2D eigenvalue weighted by atomic mass is 16.6. The number of carbonyl (C=O) groups excluding carboxylic acids is 2. The molecule has 0 amide bonds. The molecule has 0 radical (unpaired) electrons. The fraction of sp³-hybridized carbons (Fsp3) is 0.778. The summed E-state index contributed by atoms with van der Waals surface area (Å²) in [6.07, 6.45) is 0.460. The first-order valence-corrected chi connectivity index (χ1v) is 4.91. The molecule has 0 spiro atoms. The van der Waals surface area contributed by atoms with Gasteiger partial charge in [0.05, 0.1) is 19.4 Å². The number of hydrogen-bond donors (Lipinski definition) is 0. The zero-order chi connectivity index (χ0) is 12.1. The highest BCUT2D eigenvalue weighted by Crippen LogP contribution is 2.30. The van der Waals surface area contributed by atoms with Crippen LogP contribution >= 0.6 is 0 Å². The lowest BCUT2D eigenvalue weighted by Gasteiger charge is -2.26. The van der Waals surface area contributed by atoms with E-state index in [1.54, 1.807) is 0 Å². The monoisotopic (exact) mass is 231 g/mol. The van der Waals surface area contributed by atoms with Crippen molar-refractivity contribution in [2.24, 2.45) is 5.92 Å². The van der Waals surface area contributed by atoms with Gasteiger partial charge in [0.15, 0.2) is 0 Å². The Hall–Kier alpha value is -1.66. The number of carbonyl (C=O) groups is 2. The SMILES string of the molecule is COC(=O)CCOC(=O)C1CC([N+](=O)[O-])C1. The van der Waals surface area contributed by atoms with Crippen molar-refractivity contribution in [3.8, 4) is 0 Å². The molecule has 16 heavy (non-hydrogen) atoms. The van der Waals surface area contributed by atoms with E-state index >= 15 is 0 Å². The lowest BCUT2D eigenvalue weighted by Crippen LogP contribution is -2.40. The van der Waals surface area contributed by atoms with E-state index in [0.29, 0.717) is 0 Å². The summed E-state index contributed by atoms with van der Waals surface area (Å²) in [5.41, 5.74) is 0. The van der Waals surface area contributed by atoms with Gasteiger partial charge < -0.3 is 9.47 Å². The minimum atomic E-state index is -0.627. The molecule has 0 N–H and O–H groups in total. The lowest BCUT2D eigenvalue weighted by atomic mass is 9.81. The summed E-state index contributed by atoms with van der Waals surface area (Å²) < 4.78 is 9.15. The van der Waals surface area contributed by atoms with E-state index in [0.717, 1.165) is 0 Å². The molecular formula is C9H13NO6. The predicted octanol–water partition coefficient (Wildman–Crippen LogP) is 0.148. The second kappa shape index (κ2) is 5.43. The van der Waals surface area contributed by atoms with Crippen LogP contribution in [0.15, 0.2) is 0 Å². The molecule has 1 aliphatic carbocycles. The Labute approximate surface area is 91.9 Å². The second-order valence-electron chi connectivity index (χ2n) is 3.60. The van der Waals surface area contributed by atoms with Crippen LogP contribution in [0.4, 0.5) is 0 Å². The first kappa shape index (κ1) is 12.4. The van der Waals surface area contributed by atoms with Crippen LogP contribution in [0.25, 0.3) is 0 Å². The van der Waals surface area contributed by atoms with Crippen molar-refractivity contribution in [3.05, 3.63) is 10.1 Å². The van der Waals surface area contributed by atoms with Gasteiger partial charge >= 0.3 is 11.9 Å². The average molecular weight is 231 g/mol. The summed E-state index contributed by atoms with van der Waals surface area (Å²) >= 11 is 0. The second-order valence-corrected chi connectivity index (χ2v) is 3.60. The van der Waals surface area contributed by atoms with Crippen molar-refractivity contribution in [2.75, 3.05) is 13.7 Å². The van der Waals surface area contributed by atoms with Gasteiger partial charge in [-0.1, -0.05) is 0 Å². The smallest absolute Gasteiger partial charge is 0.309 e. The Kier molecular flexibility index (Phi) is 4.21. The Balaban J connectivity index is 2.13. The van der Waals surface area contributed by atoms with Crippen LogP contribution in [0.3, 0.4) is 0 Å². The van der Waals surface area contributed by atoms with E-state index in [9.17, 15) is 19.7 Å². The van der Waals surface area contributed by atoms with Crippen LogP contribution in [0.5, 0.6) is 0 Å². The fourth-order valence-electron chi connectivity index (χ4n) is 1.41. The van der Waals surface area contributed by atoms with Gasteiger partial charge in [-0.25, -0.2) is 0 Å². The number of rotatable bonds is 5. The Morgan fingerprint density at radius 2 is 2.06 bits per heavy atom. The van der Waals surface area contributed by atoms with E-state index in [-0.39, 0.29) is 25.9 Å². The summed E-state index contributed by atoms with van der Waals surface area (Å²) in [6.45, 7) is -0.0366. The molecule has 0 aromatic rings. The van der Waals surface area contributed by atoms with Crippen molar-refractivity contribution in [2.45, 2.75) is 25.3 Å². The van der Waals surface area contributed by atoms with E-state index in [1.165, 1.54) is 7.11 Å². The molecule has 0 aliphatic heterocycles. The van der Waals surface area contributed by atoms with Crippen molar-refractivity contribution in [1.29, 1.82) is 0 Å². The summed E-state index contributed by atoms with van der Waals surface area (Å²) in [5.74, 6) is -1.32. The van der Waals surface area contributed by atoms with Gasteiger partial charge in [0.25, 0.3) is 0 Å². The van der Waals surface area contributed by atoms with Gasteiger partial charge in [-0.15, -0.1) is 0 Å². The molecule has 90 valence electrons. The molecule has 0 bridgehead atoms. The Bertz CT molecular complexity index is 296. The van der Waals surface area contributed by atoms with Crippen molar-refractivity contribution < 1.29 is 24.0 Å². The number of esters is 2. The molecule has 1 rings (SSSR count). The third-order valence-electron chi connectivity index (χ3n) is 2.52. The van der Waals surface area contributed by atoms with E-state index < -0.39 is 28.8 Å². The van der Waals surface area contributed by atoms with Gasteiger partial charge in [0, 0.05) is 17.8 Å². The van der Waals surface area contributed by atoms with Gasteiger partial charge in [-0.05, 0) is 0 Å². The zero-order valence-corrected chi connectivity index (χ0v) is 8.88. The lowest BCUT2D eigenvalue weighted by molar-refractivity contribution is -0.539. The highest BCUT2D eigenvalue weighted by Gasteiger charge is 2.43. The van der Waals surface area contributed by atoms with Crippen LogP contribution in [0.1, 0.15) is 19.3 Å². The van der Waals surface area contributed by atoms with Crippen molar-refractivity contribution in [3.63, 3.8) is 0 Å². The largest absolute Gasteiger partial charge is 0.469 e. The first-order chi connectivity index (χ1) is 7.54. The maximum atomic E-state index is 11.3. The minimum absolute atomic E-state index is 0.00756. The maximum Gasteiger partial charge on any atom is 0.309 e. The third-order valence-corrected chi connectivity index (χ3v) is 2.52. The molecule has 0 unspecified atom stereocenters. The minimum Gasteiger partial charge on any atom is -0.469 e. The number of methoxy groups -OCH3 is 1. The van der Waals surface area contributed by atoms with E-state index in [2.05, 4.69) is 4.74 Å². The summed E-state index contributed by atoms with van der Waals surface area (Å²) in [4.78, 5) is 31.8. The molecule has 1 aliphatic rings. The Morgan fingerprint density at radius 1 is 1.44 bits per heavy atom. The average Bonchev–Trinajstić information content (AvgIpc) is 2.14. The van der Waals surface area contributed by atoms with Gasteiger partial charge in [-0.3, -0.25) is 19.7 Å². The number of hydrogen-bond acceptors (Lipinski definition) is 6. The van der Waals surface area contributed by atoms with Gasteiger partial charge in [0.2, 0.25) is 6.04 Å². The molecule has 1 fully saturated rings. The topological polar surface area (TPSA) is 95.7 Å². The molecule has 1 saturated carbocycles. The predicted molar refractivity (Wildman–Crippen MR) is 51.1 cm³/mol. The number of ether oxygens (including phenoxy) is 2. The fourth-order valence-corrected chi connectivity index (χ4v) is 1.41. The first-order valence-electron chi connectivity index (χ1n) is 4.91. The number of nitrogens with zero attached hydrogens (tertiary/aromatic N) is 1. The molecule has 0 aromatic heterocycles. The van der Waals surface area contributed by atoms with Crippen LogP contribution in [-0.4, -0.2) is 36.6 Å². The van der Waals surface area contributed by atoms with Crippen LogP contribution in [0, 0.1) is 16.0 Å². The van der Waals surface area contributed by atoms with E-state index in [1.807, 2.05) is 0 Å². The Morgan fingerprint density at radius 3 is 2.56 bits per heavy atom. The summed E-state index contributed by atoms with van der Waals surface area (Å²) in [5, 5.41) is 10.3. The number of nitro groups is 1. The summed E-state index contributed by atoms with van der Waals surface area (Å²) in [7, 11) is 1.25.